The summed E-state index contributed by atoms with van der Waals surface area (Å²) in [6.07, 6.45) is 6.91. The first-order chi connectivity index (χ1) is 10.8. The minimum atomic E-state index is 0.0830. The van der Waals surface area contributed by atoms with Gasteiger partial charge in [0.2, 0.25) is 0 Å². The quantitative estimate of drug-likeness (QED) is 0.688. The average molecular weight is 305 g/mol. The van der Waals surface area contributed by atoms with Crippen molar-refractivity contribution in [2.45, 2.75) is 45.4 Å². The summed E-state index contributed by atoms with van der Waals surface area (Å²) in [5.74, 6) is 1.65. The van der Waals surface area contributed by atoms with Crippen LogP contribution >= 0.6 is 0 Å². The molecule has 0 bridgehead atoms. The summed E-state index contributed by atoms with van der Waals surface area (Å²) in [5, 5.41) is 0. The van der Waals surface area contributed by atoms with Gasteiger partial charge in [0.15, 0.2) is 6.61 Å². The summed E-state index contributed by atoms with van der Waals surface area (Å²) < 4.78 is 11.2. The van der Waals surface area contributed by atoms with Crippen molar-refractivity contribution in [3.63, 3.8) is 0 Å². The minimum Gasteiger partial charge on any atom is -0.494 e. The maximum atomic E-state index is 12.0. The number of rotatable bonds is 8. The molecule has 0 aliphatic carbocycles. The maximum Gasteiger partial charge on any atom is 0.260 e. The van der Waals surface area contributed by atoms with Crippen molar-refractivity contribution in [2.75, 3.05) is 26.3 Å². The molecule has 0 unspecified atom stereocenters. The van der Waals surface area contributed by atoms with E-state index in [2.05, 4.69) is 6.92 Å². The van der Waals surface area contributed by atoms with Crippen molar-refractivity contribution in [1.82, 2.24) is 4.90 Å². The monoisotopic (exact) mass is 305 g/mol. The predicted molar refractivity (Wildman–Crippen MR) is 87.4 cm³/mol. The predicted octanol–water partition coefficient (Wildman–Crippen LogP) is 3.65. The smallest absolute Gasteiger partial charge is 0.260 e. The number of piperidine rings is 1. The molecule has 1 fully saturated rings. The van der Waals surface area contributed by atoms with Crippen molar-refractivity contribution < 1.29 is 14.3 Å². The van der Waals surface area contributed by atoms with Gasteiger partial charge in [-0.05, 0) is 49.9 Å². The molecule has 1 saturated heterocycles. The summed E-state index contributed by atoms with van der Waals surface area (Å²) in [5.41, 5.74) is 0. The van der Waals surface area contributed by atoms with E-state index in [1.165, 1.54) is 19.3 Å². The van der Waals surface area contributed by atoms with E-state index in [0.29, 0.717) is 5.75 Å². The molecule has 0 atom stereocenters. The number of hydrogen-bond acceptors (Lipinski definition) is 3. The van der Waals surface area contributed by atoms with Gasteiger partial charge in [-0.3, -0.25) is 4.79 Å². The van der Waals surface area contributed by atoms with Crippen molar-refractivity contribution in [3.8, 4) is 11.5 Å². The van der Waals surface area contributed by atoms with Crippen molar-refractivity contribution in [2.24, 2.45) is 0 Å². The Hall–Kier alpha value is -1.71. The lowest BCUT2D eigenvalue weighted by Gasteiger charge is -2.26. The van der Waals surface area contributed by atoms with Crippen LogP contribution in [0.15, 0.2) is 24.3 Å². The van der Waals surface area contributed by atoms with Crippen LogP contribution in [0.1, 0.15) is 45.4 Å². The highest BCUT2D eigenvalue weighted by molar-refractivity contribution is 5.77. The van der Waals surface area contributed by atoms with E-state index < -0.39 is 0 Å². The molecule has 0 N–H and O–H groups in total. The Morgan fingerprint density at radius 1 is 1.00 bits per heavy atom. The molecule has 0 radical (unpaired) electrons. The highest BCUT2D eigenvalue weighted by Crippen LogP contribution is 2.18. The Morgan fingerprint density at radius 2 is 1.64 bits per heavy atom. The zero-order valence-corrected chi connectivity index (χ0v) is 13.6. The Kier molecular flexibility index (Phi) is 7.07. The second kappa shape index (κ2) is 9.34. The second-order valence-electron chi connectivity index (χ2n) is 5.76. The number of benzene rings is 1. The molecule has 22 heavy (non-hydrogen) atoms. The summed E-state index contributed by atoms with van der Waals surface area (Å²) in [6.45, 7) is 4.79. The van der Waals surface area contributed by atoms with Gasteiger partial charge in [-0.1, -0.05) is 19.8 Å². The number of ether oxygens (including phenoxy) is 2. The van der Waals surface area contributed by atoms with Gasteiger partial charge in [-0.15, -0.1) is 0 Å². The molecule has 1 aromatic carbocycles. The highest BCUT2D eigenvalue weighted by Gasteiger charge is 2.16. The van der Waals surface area contributed by atoms with Crippen LogP contribution in [0.3, 0.4) is 0 Å². The zero-order chi connectivity index (χ0) is 15.6. The number of nitrogens with zero attached hydrogens (tertiary/aromatic N) is 1. The van der Waals surface area contributed by atoms with Crippen LogP contribution in [0.4, 0.5) is 0 Å². The van der Waals surface area contributed by atoms with Gasteiger partial charge in [0.05, 0.1) is 6.61 Å². The summed E-state index contributed by atoms with van der Waals surface area (Å²) >= 11 is 0. The Labute approximate surface area is 133 Å². The minimum absolute atomic E-state index is 0.0830. The van der Waals surface area contributed by atoms with Crippen LogP contribution in [-0.4, -0.2) is 37.1 Å². The number of unbranched alkanes of at least 4 members (excludes halogenated alkanes) is 2. The molecule has 1 aliphatic heterocycles. The zero-order valence-electron chi connectivity index (χ0n) is 13.6. The van der Waals surface area contributed by atoms with Crippen LogP contribution in [-0.2, 0) is 4.79 Å². The molecule has 1 aromatic rings. The Bertz CT molecular complexity index is 438. The van der Waals surface area contributed by atoms with E-state index in [4.69, 9.17) is 9.47 Å². The summed E-state index contributed by atoms with van der Waals surface area (Å²) in [6, 6.07) is 7.51. The first-order valence-electron chi connectivity index (χ1n) is 8.43. The lowest BCUT2D eigenvalue weighted by atomic mass is 10.1. The maximum absolute atomic E-state index is 12.0. The normalized spacial score (nSPS) is 14.7. The number of amides is 1. The van der Waals surface area contributed by atoms with Crippen LogP contribution < -0.4 is 9.47 Å². The number of hydrogen-bond donors (Lipinski definition) is 0. The lowest BCUT2D eigenvalue weighted by molar-refractivity contribution is -0.134. The molecule has 4 heteroatoms. The van der Waals surface area contributed by atoms with Gasteiger partial charge in [-0.2, -0.15) is 0 Å². The van der Waals surface area contributed by atoms with Gasteiger partial charge < -0.3 is 14.4 Å². The Morgan fingerprint density at radius 3 is 2.27 bits per heavy atom. The number of carbonyl (C=O) groups excluding carboxylic acids is 1. The SMILES string of the molecule is CCCCCOc1ccc(OCC(=O)N2CCCCC2)cc1. The molecule has 1 heterocycles. The van der Waals surface area contributed by atoms with E-state index in [9.17, 15) is 4.79 Å². The average Bonchev–Trinajstić information content (AvgIpc) is 2.58. The van der Waals surface area contributed by atoms with Crippen LogP contribution in [0.25, 0.3) is 0 Å². The van der Waals surface area contributed by atoms with Crippen molar-refractivity contribution in [3.05, 3.63) is 24.3 Å². The number of likely N-dealkylation sites (tertiary alicyclic amines) is 1. The van der Waals surface area contributed by atoms with E-state index >= 15 is 0 Å². The lowest BCUT2D eigenvalue weighted by Crippen LogP contribution is -2.38. The van der Waals surface area contributed by atoms with E-state index in [1.807, 2.05) is 29.2 Å². The molecular formula is C18H27NO3. The van der Waals surface area contributed by atoms with Gasteiger partial charge >= 0.3 is 0 Å². The molecule has 1 aliphatic rings. The van der Waals surface area contributed by atoms with Gasteiger partial charge in [0.1, 0.15) is 11.5 Å². The molecule has 4 nitrogen and oxygen atoms in total. The summed E-state index contributed by atoms with van der Waals surface area (Å²) in [7, 11) is 0. The largest absolute Gasteiger partial charge is 0.494 e. The van der Waals surface area contributed by atoms with E-state index in [-0.39, 0.29) is 12.5 Å². The van der Waals surface area contributed by atoms with Gasteiger partial charge in [0, 0.05) is 13.1 Å². The topological polar surface area (TPSA) is 38.8 Å². The van der Waals surface area contributed by atoms with Gasteiger partial charge in [-0.25, -0.2) is 0 Å². The van der Waals surface area contributed by atoms with E-state index in [1.54, 1.807) is 0 Å². The van der Waals surface area contributed by atoms with Crippen LogP contribution in [0.2, 0.25) is 0 Å². The Balaban J connectivity index is 1.70. The molecule has 1 amide bonds. The fourth-order valence-corrected chi connectivity index (χ4v) is 2.55. The molecule has 122 valence electrons. The van der Waals surface area contributed by atoms with Crippen molar-refractivity contribution >= 4 is 5.91 Å². The van der Waals surface area contributed by atoms with Crippen LogP contribution in [0.5, 0.6) is 11.5 Å². The number of carbonyl (C=O) groups is 1. The molecule has 0 aromatic heterocycles. The second-order valence-corrected chi connectivity index (χ2v) is 5.76. The first-order valence-corrected chi connectivity index (χ1v) is 8.43. The third kappa shape index (κ3) is 5.58. The van der Waals surface area contributed by atoms with Crippen molar-refractivity contribution in [1.29, 1.82) is 0 Å². The molecule has 0 spiro atoms. The first kappa shape index (κ1) is 16.7. The third-order valence-electron chi connectivity index (χ3n) is 3.91. The van der Waals surface area contributed by atoms with Crippen LogP contribution in [0, 0.1) is 0 Å². The molecular weight excluding hydrogens is 278 g/mol. The fourth-order valence-electron chi connectivity index (χ4n) is 2.55. The molecule has 0 saturated carbocycles. The standard InChI is InChI=1S/C18H27NO3/c1-2-3-7-14-21-16-8-10-17(11-9-16)22-15-18(20)19-12-5-4-6-13-19/h8-11H,2-7,12-15H2,1H3. The summed E-state index contributed by atoms with van der Waals surface area (Å²) in [4.78, 5) is 13.9. The van der Waals surface area contributed by atoms with E-state index in [0.717, 1.165) is 44.7 Å². The highest BCUT2D eigenvalue weighted by atomic mass is 16.5. The fraction of sp³-hybridized carbons (Fsp3) is 0.611. The third-order valence-corrected chi connectivity index (χ3v) is 3.91. The molecule has 2 rings (SSSR count). The van der Waals surface area contributed by atoms with Gasteiger partial charge in [0.25, 0.3) is 5.91 Å².